The fraction of sp³-hybridized carbons (Fsp3) is 0.462. The van der Waals surface area contributed by atoms with Crippen LogP contribution in [0.5, 0.6) is 0 Å². The van der Waals surface area contributed by atoms with Gasteiger partial charge in [-0.15, -0.1) is 0 Å². The number of fused-ring (bicyclic) bond motifs is 1. The molecule has 1 aromatic carbocycles. The summed E-state index contributed by atoms with van der Waals surface area (Å²) in [6.45, 7) is 3.10. The molecular weight excluding hydrogens is 234 g/mol. The van der Waals surface area contributed by atoms with E-state index >= 15 is 0 Å². The number of benzene rings is 1. The molecule has 2 N–H and O–H groups in total. The van der Waals surface area contributed by atoms with Gasteiger partial charge in [0.25, 0.3) is 0 Å². The average molecular weight is 250 g/mol. The van der Waals surface area contributed by atoms with Crippen LogP contribution in [0.25, 0.3) is 11.0 Å². The van der Waals surface area contributed by atoms with E-state index in [9.17, 15) is 0 Å². The minimum absolute atomic E-state index is 0.370. The molecule has 1 aliphatic heterocycles. The summed E-state index contributed by atoms with van der Waals surface area (Å²) >= 11 is 6.11. The van der Waals surface area contributed by atoms with Crippen molar-refractivity contribution in [2.45, 2.75) is 32.2 Å². The zero-order chi connectivity index (χ0) is 11.8. The number of halogens is 1. The van der Waals surface area contributed by atoms with Crippen LogP contribution in [0, 0.1) is 6.92 Å². The molecule has 0 saturated carbocycles. The van der Waals surface area contributed by atoms with Crippen LogP contribution in [0.1, 0.15) is 36.7 Å². The number of hydrogen-bond donors (Lipinski definition) is 2. The number of piperidine rings is 1. The Hall–Kier alpha value is -1.06. The largest absolute Gasteiger partial charge is 0.341 e. The highest BCUT2D eigenvalue weighted by Crippen LogP contribution is 2.27. The lowest BCUT2D eigenvalue weighted by Gasteiger charge is -2.21. The molecule has 0 aliphatic carbocycles. The molecule has 0 bridgehead atoms. The topological polar surface area (TPSA) is 40.7 Å². The van der Waals surface area contributed by atoms with Crippen LogP contribution < -0.4 is 5.32 Å². The summed E-state index contributed by atoms with van der Waals surface area (Å²) in [7, 11) is 0. The van der Waals surface area contributed by atoms with Crippen LogP contribution in [-0.2, 0) is 0 Å². The maximum absolute atomic E-state index is 6.11. The molecule has 1 atom stereocenters. The number of imidazole rings is 1. The van der Waals surface area contributed by atoms with Crippen molar-refractivity contribution in [3.8, 4) is 0 Å². The van der Waals surface area contributed by atoms with E-state index in [0.717, 1.165) is 40.4 Å². The number of aromatic amines is 1. The maximum Gasteiger partial charge on any atom is 0.124 e. The summed E-state index contributed by atoms with van der Waals surface area (Å²) in [5.74, 6) is 1.05. The predicted molar refractivity (Wildman–Crippen MR) is 70.4 cm³/mol. The van der Waals surface area contributed by atoms with E-state index in [2.05, 4.69) is 10.3 Å². The lowest BCUT2D eigenvalue weighted by Crippen LogP contribution is -2.27. The molecule has 2 heterocycles. The molecule has 1 unspecified atom stereocenters. The van der Waals surface area contributed by atoms with Crippen LogP contribution in [0.4, 0.5) is 0 Å². The van der Waals surface area contributed by atoms with Crippen molar-refractivity contribution in [3.63, 3.8) is 0 Å². The summed E-state index contributed by atoms with van der Waals surface area (Å²) < 4.78 is 0. The molecule has 3 nitrogen and oxygen atoms in total. The van der Waals surface area contributed by atoms with Crippen LogP contribution in [0.15, 0.2) is 12.1 Å². The molecule has 1 aromatic heterocycles. The van der Waals surface area contributed by atoms with E-state index in [4.69, 9.17) is 16.6 Å². The van der Waals surface area contributed by atoms with Gasteiger partial charge in [-0.3, -0.25) is 0 Å². The average Bonchev–Trinajstić information content (AvgIpc) is 2.80. The first-order valence-electron chi connectivity index (χ1n) is 6.14. The molecule has 90 valence electrons. The molecule has 4 heteroatoms. The number of hydrogen-bond acceptors (Lipinski definition) is 2. The molecular formula is C13H16ClN3. The van der Waals surface area contributed by atoms with Crippen LogP contribution in [-0.4, -0.2) is 16.5 Å². The van der Waals surface area contributed by atoms with Crippen LogP contribution in [0.3, 0.4) is 0 Å². The minimum atomic E-state index is 0.370. The lowest BCUT2D eigenvalue weighted by atomic mass is 10.0. The standard InChI is InChI=1S/C13H16ClN3/c1-8-9(14)5-6-10-12(8)17-13(16-10)11-4-2-3-7-15-11/h5-6,11,15H,2-4,7H2,1H3,(H,16,17). The Balaban J connectivity index is 2.04. The Bertz CT molecular complexity index is 541. The van der Waals surface area contributed by atoms with E-state index in [-0.39, 0.29) is 0 Å². The number of nitrogens with one attached hydrogen (secondary N) is 2. The van der Waals surface area contributed by atoms with E-state index in [0.29, 0.717) is 6.04 Å². The van der Waals surface area contributed by atoms with Crippen molar-refractivity contribution in [3.05, 3.63) is 28.5 Å². The van der Waals surface area contributed by atoms with Crippen molar-refractivity contribution >= 4 is 22.6 Å². The van der Waals surface area contributed by atoms with Gasteiger partial charge in [0.1, 0.15) is 5.82 Å². The SMILES string of the molecule is Cc1c(Cl)ccc2[nH]c(C3CCCCN3)nc12. The zero-order valence-electron chi connectivity index (χ0n) is 9.89. The van der Waals surface area contributed by atoms with Crippen LogP contribution >= 0.6 is 11.6 Å². The zero-order valence-corrected chi connectivity index (χ0v) is 10.6. The van der Waals surface area contributed by atoms with Gasteiger partial charge in [-0.2, -0.15) is 0 Å². The van der Waals surface area contributed by atoms with E-state index in [1.54, 1.807) is 0 Å². The number of rotatable bonds is 1. The maximum atomic E-state index is 6.11. The normalized spacial score (nSPS) is 20.9. The van der Waals surface area contributed by atoms with Gasteiger partial charge in [-0.25, -0.2) is 4.98 Å². The van der Waals surface area contributed by atoms with E-state index in [1.165, 1.54) is 12.8 Å². The summed E-state index contributed by atoms with van der Waals surface area (Å²) in [4.78, 5) is 8.10. The second-order valence-electron chi connectivity index (χ2n) is 4.69. The van der Waals surface area contributed by atoms with Gasteiger partial charge in [0.15, 0.2) is 0 Å². The molecule has 1 saturated heterocycles. The van der Waals surface area contributed by atoms with Crippen LogP contribution in [0.2, 0.25) is 5.02 Å². The fourth-order valence-corrected chi connectivity index (χ4v) is 2.61. The van der Waals surface area contributed by atoms with Crippen molar-refractivity contribution in [2.75, 3.05) is 6.54 Å². The first kappa shape index (κ1) is 11.1. The smallest absolute Gasteiger partial charge is 0.124 e. The molecule has 0 spiro atoms. The number of aromatic nitrogens is 2. The second kappa shape index (κ2) is 4.31. The van der Waals surface area contributed by atoms with Crippen molar-refractivity contribution in [1.82, 2.24) is 15.3 Å². The number of aryl methyl sites for hydroxylation is 1. The Morgan fingerprint density at radius 2 is 2.24 bits per heavy atom. The van der Waals surface area contributed by atoms with Gasteiger partial charge in [0, 0.05) is 5.02 Å². The van der Waals surface area contributed by atoms with Gasteiger partial charge in [-0.1, -0.05) is 18.0 Å². The number of nitrogens with zero attached hydrogens (tertiary/aromatic N) is 1. The first-order valence-corrected chi connectivity index (χ1v) is 6.51. The quantitative estimate of drug-likeness (QED) is 0.814. The molecule has 1 aliphatic rings. The van der Waals surface area contributed by atoms with Gasteiger partial charge in [-0.05, 0) is 44.0 Å². The molecule has 17 heavy (non-hydrogen) atoms. The first-order chi connectivity index (χ1) is 8.25. The molecule has 3 rings (SSSR count). The molecule has 2 aromatic rings. The second-order valence-corrected chi connectivity index (χ2v) is 5.10. The van der Waals surface area contributed by atoms with Gasteiger partial charge >= 0.3 is 0 Å². The monoisotopic (exact) mass is 249 g/mol. The van der Waals surface area contributed by atoms with E-state index < -0.39 is 0 Å². The third-order valence-corrected chi connectivity index (χ3v) is 3.91. The minimum Gasteiger partial charge on any atom is -0.341 e. The molecule has 0 radical (unpaired) electrons. The molecule has 1 fully saturated rings. The fourth-order valence-electron chi connectivity index (χ4n) is 2.46. The highest BCUT2D eigenvalue weighted by molar-refractivity contribution is 6.32. The van der Waals surface area contributed by atoms with Gasteiger partial charge < -0.3 is 10.3 Å². The lowest BCUT2D eigenvalue weighted by molar-refractivity contribution is 0.400. The Morgan fingerprint density at radius 3 is 3.00 bits per heavy atom. The summed E-state index contributed by atoms with van der Waals surface area (Å²) in [5, 5.41) is 4.29. The third kappa shape index (κ3) is 1.94. The van der Waals surface area contributed by atoms with Gasteiger partial charge in [0.2, 0.25) is 0 Å². The molecule has 0 amide bonds. The summed E-state index contributed by atoms with van der Waals surface area (Å²) in [6.07, 6.45) is 3.70. The Kier molecular flexibility index (Phi) is 2.81. The summed E-state index contributed by atoms with van der Waals surface area (Å²) in [5.41, 5.74) is 3.14. The Labute approximate surface area is 106 Å². The predicted octanol–water partition coefficient (Wildman–Crippen LogP) is 3.34. The summed E-state index contributed by atoms with van der Waals surface area (Å²) in [6, 6.07) is 4.30. The number of H-pyrrole nitrogens is 1. The van der Waals surface area contributed by atoms with Crippen molar-refractivity contribution in [2.24, 2.45) is 0 Å². The van der Waals surface area contributed by atoms with Crippen molar-refractivity contribution in [1.29, 1.82) is 0 Å². The highest BCUT2D eigenvalue weighted by Gasteiger charge is 2.18. The van der Waals surface area contributed by atoms with Crippen molar-refractivity contribution < 1.29 is 0 Å². The third-order valence-electron chi connectivity index (χ3n) is 3.50. The highest BCUT2D eigenvalue weighted by atomic mass is 35.5. The van der Waals surface area contributed by atoms with E-state index in [1.807, 2.05) is 19.1 Å². The van der Waals surface area contributed by atoms with Gasteiger partial charge in [0.05, 0.1) is 17.1 Å². The Morgan fingerprint density at radius 1 is 1.35 bits per heavy atom.